The van der Waals surface area contributed by atoms with Crippen LogP contribution >= 0.6 is 0 Å². The first-order chi connectivity index (χ1) is 16.5. The molecule has 180 valence electrons. The SMILES string of the molecule is CCC[C@H](NC(=O)OCC1c2ccccc2-c2ccccc21)C(=O)N1CCOCC(C(=O)O)C1. The van der Waals surface area contributed by atoms with Gasteiger partial charge in [-0.25, -0.2) is 4.79 Å². The number of nitrogens with one attached hydrogen (secondary N) is 1. The summed E-state index contributed by atoms with van der Waals surface area (Å²) in [7, 11) is 0. The Morgan fingerprint density at radius 3 is 2.38 bits per heavy atom. The van der Waals surface area contributed by atoms with Crippen molar-refractivity contribution in [2.24, 2.45) is 5.92 Å². The number of alkyl carbamates (subject to hydrolysis) is 1. The molecule has 1 saturated heterocycles. The highest BCUT2D eigenvalue weighted by Gasteiger charge is 2.33. The number of benzene rings is 2. The molecule has 2 aromatic carbocycles. The second kappa shape index (κ2) is 10.7. The van der Waals surface area contributed by atoms with Gasteiger partial charge in [-0.2, -0.15) is 0 Å². The van der Waals surface area contributed by atoms with Crippen LogP contribution in [0.4, 0.5) is 4.79 Å². The summed E-state index contributed by atoms with van der Waals surface area (Å²) in [4.78, 5) is 38.7. The number of carbonyl (C=O) groups excluding carboxylic acids is 2. The molecule has 0 spiro atoms. The van der Waals surface area contributed by atoms with Crippen molar-refractivity contribution in [3.05, 3.63) is 59.7 Å². The lowest BCUT2D eigenvalue weighted by Crippen LogP contribution is -2.50. The Balaban J connectivity index is 1.41. The van der Waals surface area contributed by atoms with Crippen molar-refractivity contribution in [3.63, 3.8) is 0 Å². The van der Waals surface area contributed by atoms with Crippen molar-refractivity contribution in [1.29, 1.82) is 0 Å². The molecule has 8 heteroatoms. The van der Waals surface area contributed by atoms with Crippen molar-refractivity contribution >= 4 is 18.0 Å². The first-order valence-electron chi connectivity index (χ1n) is 11.7. The van der Waals surface area contributed by atoms with E-state index in [1.165, 1.54) is 4.90 Å². The zero-order chi connectivity index (χ0) is 24.1. The molecule has 1 unspecified atom stereocenters. The lowest BCUT2D eigenvalue weighted by Gasteiger charge is -2.27. The number of hydrogen-bond acceptors (Lipinski definition) is 5. The first-order valence-corrected chi connectivity index (χ1v) is 11.7. The third kappa shape index (κ3) is 5.07. The molecule has 1 aliphatic carbocycles. The van der Waals surface area contributed by atoms with Crippen molar-refractivity contribution in [3.8, 4) is 11.1 Å². The summed E-state index contributed by atoms with van der Waals surface area (Å²) < 4.78 is 10.9. The highest BCUT2D eigenvalue weighted by atomic mass is 16.5. The number of carboxylic acid groups (broad SMARTS) is 1. The fourth-order valence-corrected chi connectivity index (χ4v) is 4.71. The fourth-order valence-electron chi connectivity index (χ4n) is 4.71. The second-order valence-corrected chi connectivity index (χ2v) is 8.71. The van der Waals surface area contributed by atoms with Crippen LogP contribution in [-0.2, 0) is 19.1 Å². The standard InChI is InChI=1S/C26H30N2O6/c1-2-7-23(24(29)28-12-13-33-15-17(14-28)25(30)31)27-26(32)34-16-22-20-10-5-3-8-18(20)19-9-4-6-11-21(19)22/h3-6,8-11,17,22-23H,2,7,12-16H2,1H3,(H,27,32)(H,30,31)/t17?,23-/m0/s1. The average molecular weight is 467 g/mol. The lowest BCUT2D eigenvalue weighted by molar-refractivity contribution is -0.144. The molecule has 2 aliphatic rings. The van der Waals surface area contributed by atoms with Gasteiger partial charge in [0.25, 0.3) is 0 Å². The van der Waals surface area contributed by atoms with Gasteiger partial charge in [-0.05, 0) is 28.7 Å². The van der Waals surface area contributed by atoms with Gasteiger partial charge in [0.05, 0.1) is 19.1 Å². The number of hydrogen-bond donors (Lipinski definition) is 2. The van der Waals surface area contributed by atoms with Crippen LogP contribution in [-0.4, -0.2) is 66.9 Å². The van der Waals surface area contributed by atoms with E-state index in [2.05, 4.69) is 17.4 Å². The Hall–Kier alpha value is -3.39. The average Bonchev–Trinajstić information content (AvgIpc) is 2.97. The Bertz CT molecular complexity index is 1010. The van der Waals surface area contributed by atoms with Gasteiger partial charge in [0.15, 0.2) is 0 Å². The van der Waals surface area contributed by atoms with E-state index in [-0.39, 0.29) is 44.7 Å². The minimum Gasteiger partial charge on any atom is -0.481 e. The lowest BCUT2D eigenvalue weighted by atomic mass is 9.98. The molecule has 1 fully saturated rings. The molecular weight excluding hydrogens is 436 g/mol. The summed E-state index contributed by atoms with van der Waals surface area (Å²) in [6.45, 7) is 2.75. The van der Waals surface area contributed by atoms with Gasteiger partial charge in [-0.1, -0.05) is 61.9 Å². The van der Waals surface area contributed by atoms with Crippen LogP contribution in [0.1, 0.15) is 36.8 Å². The van der Waals surface area contributed by atoms with Gasteiger partial charge in [-0.3, -0.25) is 9.59 Å². The van der Waals surface area contributed by atoms with Crippen molar-refractivity contribution in [1.82, 2.24) is 10.2 Å². The maximum atomic E-state index is 13.1. The monoisotopic (exact) mass is 466 g/mol. The molecule has 2 N–H and O–H groups in total. The zero-order valence-corrected chi connectivity index (χ0v) is 19.2. The molecule has 8 nitrogen and oxygen atoms in total. The summed E-state index contributed by atoms with van der Waals surface area (Å²) >= 11 is 0. The molecule has 2 atom stereocenters. The third-order valence-corrected chi connectivity index (χ3v) is 6.44. The smallest absolute Gasteiger partial charge is 0.407 e. The van der Waals surface area contributed by atoms with Crippen LogP contribution in [0.25, 0.3) is 11.1 Å². The van der Waals surface area contributed by atoms with E-state index in [0.29, 0.717) is 12.8 Å². The zero-order valence-electron chi connectivity index (χ0n) is 19.2. The van der Waals surface area contributed by atoms with Gasteiger partial charge in [0, 0.05) is 19.0 Å². The van der Waals surface area contributed by atoms with Crippen LogP contribution in [0.5, 0.6) is 0 Å². The Morgan fingerprint density at radius 1 is 1.12 bits per heavy atom. The highest BCUT2D eigenvalue weighted by Crippen LogP contribution is 2.44. The molecular formula is C26H30N2O6. The Morgan fingerprint density at radius 2 is 1.76 bits per heavy atom. The van der Waals surface area contributed by atoms with Crippen LogP contribution in [0.15, 0.2) is 48.5 Å². The number of carboxylic acids is 1. The van der Waals surface area contributed by atoms with Crippen molar-refractivity contribution in [2.75, 3.05) is 32.9 Å². The van der Waals surface area contributed by atoms with Gasteiger partial charge in [0.1, 0.15) is 12.6 Å². The highest BCUT2D eigenvalue weighted by molar-refractivity contribution is 5.86. The molecule has 0 saturated carbocycles. The van der Waals surface area contributed by atoms with Gasteiger partial charge < -0.3 is 24.8 Å². The maximum absolute atomic E-state index is 13.1. The molecule has 0 aromatic heterocycles. The molecule has 1 heterocycles. The summed E-state index contributed by atoms with van der Waals surface area (Å²) in [5, 5.41) is 12.1. The Labute approximate surface area is 198 Å². The predicted molar refractivity (Wildman–Crippen MR) is 125 cm³/mol. The second-order valence-electron chi connectivity index (χ2n) is 8.71. The number of rotatable bonds is 7. The number of carbonyl (C=O) groups is 3. The third-order valence-electron chi connectivity index (χ3n) is 6.44. The molecule has 0 bridgehead atoms. The quantitative estimate of drug-likeness (QED) is 0.649. The van der Waals surface area contributed by atoms with E-state index in [4.69, 9.17) is 9.47 Å². The van der Waals surface area contributed by atoms with E-state index in [1.54, 1.807) is 0 Å². The number of ether oxygens (including phenoxy) is 2. The van der Waals surface area contributed by atoms with Gasteiger partial charge in [0.2, 0.25) is 5.91 Å². The molecule has 0 radical (unpaired) electrons. The van der Waals surface area contributed by atoms with E-state index in [9.17, 15) is 19.5 Å². The van der Waals surface area contributed by atoms with E-state index in [1.807, 2.05) is 43.3 Å². The summed E-state index contributed by atoms with van der Waals surface area (Å²) in [5.74, 6) is -2.18. The van der Waals surface area contributed by atoms with Crippen molar-refractivity contribution in [2.45, 2.75) is 31.7 Å². The fraction of sp³-hybridized carbons (Fsp3) is 0.423. The van der Waals surface area contributed by atoms with Gasteiger partial charge in [-0.15, -0.1) is 0 Å². The summed E-state index contributed by atoms with van der Waals surface area (Å²) in [6.07, 6.45) is 0.444. The van der Waals surface area contributed by atoms with Crippen molar-refractivity contribution < 1.29 is 29.0 Å². The molecule has 2 aromatic rings. The van der Waals surface area contributed by atoms with Crippen LogP contribution in [0.2, 0.25) is 0 Å². The molecule has 1 aliphatic heterocycles. The largest absolute Gasteiger partial charge is 0.481 e. The summed E-state index contributed by atoms with van der Waals surface area (Å²) in [5.41, 5.74) is 4.51. The molecule has 2 amide bonds. The Kier molecular flexibility index (Phi) is 7.47. The maximum Gasteiger partial charge on any atom is 0.407 e. The topological polar surface area (TPSA) is 105 Å². The minimum atomic E-state index is -1.00. The van der Waals surface area contributed by atoms with Crippen LogP contribution in [0, 0.1) is 5.92 Å². The van der Waals surface area contributed by atoms with E-state index < -0.39 is 24.0 Å². The summed E-state index contributed by atoms with van der Waals surface area (Å²) in [6, 6.07) is 15.4. The molecule has 34 heavy (non-hydrogen) atoms. The number of fused-ring (bicyclic) bond motifs is 3. The number of aliphatic carboxylic acids is 1. The normalized spacial score (nSPS) is 18.4. The number of nitrogens with zero attached hydrogens (tertiary/aromatic N) is 1. The molecule has 4 rings (SSSR count). The number of amides is 2. The van der Waals surface area contributed by atoms with E-state index >= 15 is 0 Å². The van der Waals surface area contributed by atoms with Gasteiger partial charge >= 0.3 is 12.1 Å². The minimum absolute atomic E-state index is 0.0563. The predicted octanol–water partition coefficient (Wildman–Crippen LogP) is 3.25. The van der Waals surface area contributed by atoms with E-state index in [0.717, 1.165) is 22.3 Å². The van der Waals surface area contributed by atoms with Crippen LogP contribution < -0.4 is 5.32 Å². The van der Waals surface area contributed by atoms with Crippen LogP contribution in [0.3, 0.4) is 0 Å². The first kappa shape index (κ1) is 23.8.